The van der Waals surface area contributed by atoms with Crippen LogP contribution in [-0.2, 0) is 0 Å². The fourth-order valence-corrected chi connectivity index (χ4v) is 4.06. The topological polar surface area (TPSA) is 130 Å². The zero-order valence-corrected chi connectivity index (χ0v) is 26.8. The molecule has 4 rings (SSSR count). The number of hydrogen-bond acceptors (Lipinski definition) is 10. The Kier molecular flexibility index (Phi) is 14.8. The smallest absolute Gasteiger partial charge is 0.488 e. The highest BCUT2D eigenvalue weighted by molar-refractivity contribution is 9.10. The second-order valence-corrected chi connectivity index (χ2v) is 9.57. The number of halogens is 1. The third kappa shape index (κ3) is 9.76. The van der Waals surface area contributed by atoms with E-state index in [9.17, 15) is 9.59 Å². The molecule has 0 saturated heterocycles. The van der Waals surface area contributed by atoms with Crippen molar-refractivity contribution in [3.63, 3.8) is 0 Å². The van der Waals surface area contributed by atoms with Gasteiger partial charge in [0.25, 0.3) is 0 Å². The summed E-state index contributed by atoms with van der Waals surface area (Å²) >= 11 is 3.26. The largest absolute Gasteiger partial charge is 0.493 e. The van der Waals surface area contributed by atoms with Gasteiger partial charge in [0.2, 0.25) is 11.5 Å². The van der Waals surface area contributed by atoms with Crippen molar-refractivity contribution < 1.29 is 48.1 Å². The number of ether oxygens (including phenoxy) is 6. The quantitative estimate of drug-likeness (QED) is 0.179. The Labute approximate surface area is 265 Å². The summed E-state index contributed by atoms with van der Waals surface area (Å²) in [5.41, 5.74) is 3.52. The molecule has 0 aliphatic heterocycles. The van der Waals surface area contributed by atoms with Gasteiger partial charge in [0.05, 0.1) is 42.7 Å². The van der Waals surface area contributed by atoms with Crippen LogP contribution in [0.25, 0.3) is 11.1 Å². The summed E-state index contributed by atoms with van der Waals surface area (Å²) in [6, 6.07) is 21.2. The van der Waals surface area contributed by atoms with Crippen LogP contribution in [0.3, 0.4) is 0 Å². The minimum absolute atomic E-state index is 0.282. The predicted molar refractivity (Wildman–Crippen MR) is 172 cm³/mol. The average Bonchev–Trinajstić information content (AvgIpc) is 3.07. The highest BCUT2D eigenvalue weighted by Crippen LogP contribution is 2.41. The van der Waals surface area contributed by atoms with Gasteiger partial charge in [-0.15, -0.1) is 0 Å². The first-order valence-corrected chi connectivity index (χ1v) is 13.7. The van der Waals surface area contributed by atoms with Gasteiger partial charge in [-0.3, -0.25) is 9.59 Å². The van der Waals surface area contributed by atoms with Crippen molar-refractivity contribution >= 4 is 41.1 Å². The van der Waals surface area contributed by atoms with Crippen LogP contribution < -0.4 is 33.9 Å². The molecule has 4 aromatic rings. The van der Waals surface area contributed by atoms with E-state index in [0.717, 1.165) is 28.2 Å². The van der Waals surface area contributed by atoms with Gasteiger partial charge in [-0.2, -0.15) is 0 Å². The molecule has 0 bridgehead atoms. The second kappa shape index (κ2) is 18.2. The maximum atomic E-state index is 10.7. The highest BCUT2D eigenvalue weighted by Gasteiger charge is 2.19. The van der Waals surface area contributed by atoms with Crippen LogP contribution in [0.4, 0.5) is 0 Å². The molecule has 0 unspecified atom stereocenters. The molecule has 2 N–H and O–H groups in total. The van der Waals surface area contributed by atoms with Crippen LogP contribution in [-0.4, -0.2) is 72.4 Å². The van der Waals surface area contributed by atoms with Gasteiger partial charge >= 0.3 is 7.12 Å². The van der Waals surface area contributed by atoms with Crippen molar-refractivity contribution in [2.45, 2.75) is 0 Å². The molecule has 12 heteroatoms. The van der Waals surface area contributed by atoms with E-state index in [4.69, 9.17) is 38.5 Å². The van der Waals surface area contributed by atoms with Gasteiger partial charge in [-0.1, -0.05) is 52.3 Å². The van der Waals surface area contributed by atoms with Gasteiger partial charge in [0.15, 0.2) is 23.0 Å². The van der Waals surface area contributed by atoms with Crippen molar-refractivity contribution in [2.75, 3.05) is 42.7 Å². The number of rotatable bonds is 10. The van der Waals surface area contributed by atoms with Crippen LogP contribution in [0.5, 0.6) is 34.5 Å². The lowest BCUT2D eigenvalue weighted by molar-refractivity contribution is 0.111. The third-order valence-corrected chi connectivity index (χ3v) is 6.56. The van der Waals surface area contributed by atoms with Gasteiger partial charge in [-0.05, 0) is 53.0 Å². The molecule has 44 heavy (non-hydrogen) atoms. The molecule has 0 aromatic heterocycles. The monoisotopic (exact) mass is 668 g/mol. The van der Waals surface area contributed by atoms with E-state index in [2.05, 4.69) is 15.9 Å². The molecular formula is C32H34BBrO10. The van der Waals surface area contributed by atoms with Gasteiger partial charge in [0.1, 0.15) is 12.6 Å². The lowest BCUT2D eigenvalue weighted by Gasteiger charge is -2.14. The lowest BCUT2D eigenvalue weighted by atomic mass is 9.80. The highest BCUT2D eigenvalue weighted by atomic mass is 79.9. The summed E-state index contributed by atoms with van der Waals surface area (Å²) in [6.45, 7) is 0. The Hall–Kier alpha value is -4.52. The number of carbonyl (C=O) groups excluding carboxylic acids is 2. The van der Waals surface area contributed by atoms with E-state index in [1.807, 2.05) is 36.4 Å². The van der Waals surface area contributed by atoms with Gasteiger partial charge < -0.3 is 38.5 Å². The van der Waals surface area contributed by atoms with Crippen molar-refractivity contribution in [1.29, 1.82) is 0 Å². The summed E-state index contributed by atoms with van der Waals surface area (Å²) < 4.78 is 32.1. The number of carbonyl (C=O) groups is 2. The van der Waals surface area contributed by atoms with Crippen molar-refractivity contribution in [3.05, 3.63) is 88.4 Å². The number of benzene rings is 4. The van der Waals surface area contributed by atoms with Crippen LogP contribution in [0.15, 0.2) is 77.3 Å². The van der Waals surface area contributed by atoms with E-state index in [0.29, 0.717) is 45.6 Å². The maximum Gasteiger partial charge on any atom is 0.488 e. The zero-order valence-electron chi connectivity index (χ0n) is 25.2. The van der Waals surface area contributed by atoms with Crippen LogP contribution in [0.1, 0.15) is 20.7 Å². The molecule has 0 saturated carbocycles. The van der Waals surface area contributed by atoms with E-state index < -0.39 is 7.12 Å². The first-order chi connectivity index (χ1) is 21.2. The van der Waals surface area contributed by atoms with Crippen LogP contribution in [0, 0.1) is 0 Å². The zero-order chi connectivity index (χ0) is 32.6. The van der Waals surface area contributed by atoms with Crippen molar-refractivity contribution in [2.24, 2.45) is 0 Å². The Morgan fingerprint density at radius 2 is 0.909 bits per heavy atom. The van der Waals surface area contributed by atoms with Crippen molar-refractivity contribution in [1.82, 2.24) is 0 Å². The van der Waals surface area contributed by atoms with Gasteiger partial charge in [-0.25, -0.2) is 0 Å². The third-order valence-electron chi connectivity index (χ3n) is 6.04. The molecule has 0 spiro atoms. The fourth-order valence-electron chi connectivity index (χ4n) is 3.79. The van der Waals surface area contributed by atoms with E-state index in [1.165, 1.54) is 33.5 Å². The first-order valence-electron chi connectivity index (χ1n) is 12.9. The molecule has 0 amide bonds. The molecule has 0 aliphatic rings. The number of aldehydes is 2. The molecule has 0 aliphatic carbocycles. The van der Waals surface area contributed by atoms with E-state index >= 15 is 0 Å². The summed E-state index contributed by atoms with van der Waals surface area (Å²) in [5, 5.41) is 18.1. The normalized spacial score (nSPS) is 9.66. The molecule has 0 atom stereocenters. The van der Waals surface area contributed by atoms with E-state index in [-0.39, 0.29) is 5.46 Å². The summed E-state index contributed by atoms with van der Waals surface area (Å²) in [5.74, 6) is 2.95. The molecule has 0 heterocycles. The second-order valence-electron chi connectivity index (χ2n) is 8.66. The predicted octanol–water partition coefficient (Wildman–Crippen LogP) is 4.85. The molecule has 10 nitrogen and oxygen atoms in total. The molecule has 0 fully saturated rings. The van der Waals surface area contributed by atoms with Crippen LogP contribution in [0.2, 0.25) is 0 Å². The maximum absolute atomic E-state index is 10.7. The Morgan fingerprint density at radius 3 is 1.23 bits per heavy atom. The summed E-state index contributed by atoms with van der Waals surface area (Å²) in [7, 11) is 7.57. The van der Waals surface area contributed by atoms with Gasteiger partial charge in [0, 0.05) is 15.6 Å². The van der Waals surface area contributed by atoms with Crippen LogP contribution >= 0.6 is 15.9 Å². The molecule has 0 radical (unpaired) electrons. The average molecular weight is 669 g/mol. The molecule has 232 valence electrons. The van der Waals surface area contributed by atoms with E-state index in [1.54, 1.807) is 45.6 Å². The fraction of sp³-hybridized carbons (Fsp3) is 0.188. The Morgan fingerprint density at radius 1 is 0.545 bits per heavy atom. The summed E-state index contributed by atoms with van der Waals surface area (Å²) in [4.78, 5) is 20.8. The lowest BCUT2D eigenvalue weighted by Crippen LogP contribution is -2.30. The minimum atomic E-state index is -1.57. The minimum Gasteiger partial charge on any atom is -0.493 e. The Bertz CT molecular complexity index is 1440. The standard InChI is InChI=1S/C16H16O4.C9H13BO5.C7H5BrO/c1-18-14-8-13(9-15(19-2)16(14)20-3)12-6-4-11(10-17)5-7-12;1-13-7-4-6(10(11)12)5-8(14-2)9(7)15-3;8-7-3-1-6(5-9)2-4-7/h4-10H,1-3H3;4-5,11-12H,1-3H3;1-5H. The Balaban J connectivity index is 0.000000247. The number of methoxy groups -OCH3 is 6. The SMILES string of the molecule is COc1cc(-c2ccc(C=O)cc2)cc(OC)c1OC.COc1cc(B(O)O)cc(OC)c1OC.O=Cc1ccc(Br)cc1. The van der Waals surface area contributed by atoms with Crippen molar-refractivity contribution in [3.8, 4) is 45.6 Å². The number of hydrogen-bond donors (Lipinski definition) is 2. The molecule has 4 aromatic carbocycles. The first kappa shape index (κ1) is 35.7. The summed E-state index contributed by atoms with van der Waals surface area (Å²) in [6.07, 6.45) is 1.64. The molecular weight excluding hydrogens is 635 g/mol.